The molecule has 2 N–H and O–H groups in total. The van der Waals surface area contributed by atoms with Crippen LogP contribution >= 0.6 is 0 Å². The summed E-state index contributed by atoms with van der Waals surface area (Å²) >= 11 is 0. The molecule has 0 radical (unpaired) electrons. The van der Waals surface area contributed by atoms with Crippen molar-refractivity contribution < 1.29 is 19.0 Å². The van der Waals surface area contributed by atoms with Crippen molar-refractivity contribution in [2.75, 3.05) is 38.2 Å². The van der Waals surface area contributed by atoms with Gasteiger partial charge in [-0.05, 0) is 43.0 Å². The highest BCUT2D eigenvalue weighted by Gasteiger charge is 2.20. The number of para-hydroxylation sites is 2. The maximum absolute atomic E-state index is 12.3. The number of rotatable bonds is 7. The molecule has 0 saturated carbocycles. The van der Waals surface area contributed by atoms with Gasteiger partial charge in [0.15, 0.2) is 11.5 Å². The third-order valence-corrected chi connectivity index (χ3v) is 5.26. The minimum Gasteiger partial charge on any atom is -0.486 e. The molecule has 1 fully saturated rings. The molecule has 7 nitrogen and oxygen atoms in total. The van der Waals surface area contributed by atoms with Crippen LogP contribution in [0.2, 0.25) is 0 Å². The van der Waals surface area contributed by atoms with Gasteiger partial charge in [0.1, 0.15) is 18.5 Å². The maximum Gasteiger partial charge on any atom is 0.252 e. The lowest BCUT2D eigenvalue weighted by atomic mass is 10.0. The van der Waals surface area contributed by atoms with Crippen LogP contribution < -0.4 is 20.1 Å². The van der Waals surface area contributed by atoms with Gasteiger partial charge in [0.05, 0.1) is 5.56 Å². The summed E-state index contributed by atoms with van der Waals surface area (Å²) in [6.07, 6.45) is 4.38. The first kappa shape index (κ1) is 19.5. The third kappa shape index (κ3) is 5.38. The summed E-state index contributed by atoms with van der Waals surface area (Å²) in [6, 6.07) is 11.3. The average Bonchev–Trinajstić information content (AvgIpc) is 2.78. The Morgan fingerprint density at radius 3 is 2.72 bits per heavy atom. The zero-order valence-electron chi connectivity index (χ0n) is 16.4. The van der Waals surface area contributed by atoms with E-state index in [4.69, 9.17) is 14.2 Å². The Labute approximate surface area is 170 Å². The van der Waals surface area contributed by atoms with E-state index < -0.39 is 0 Å². The quantitative estimate of drug-likeness (QED) is 0.748. The number of aromatic nitrogens is 1. The summed E-state index contributed by atoms with van der Waals surface area (Å²) in [4.78, 5) is 16.7. The second-order valence-electron chi connectivity index (χ2n) is 7.41. The second kappa shape index (κ2) is 9.60. The van der Waals surface area contributed by atoms with Crippen molar-refractivity contribution in [3.8, 4) is 11.5 Å². The SMILES string of the molecule is O=C(NCCC1COc2ccccc2O1)c1ccc(NCC2CCOCC2)nc1. The highest BCUT2D eigenvalue weighted by molar-refractivity contribution is 5.94. The minimum atomic E-state index is -0.134. The fourth-order valence-corrected chi connectivity index (χ4v) is 3.49. The van der Waals surface area contributed by atoms with Gasteiger partial charge in [-0.15, -0.1) is 0 Å². The van der Waals surface area contributed by atoms with Crippen LogP contribution in [-0.2, 0) is 4.74 Å². The Balaban J connectivity index is 1.19. The van der Waals surface area contributed by atoms with E-state index in [1.54, 1.807) is 12.3 Å². The van der Waals surface area contributed by atoms with Crippen LogP contribution in [0, 0.1) is 5.92 Å². The first-order chi connectivity index (χ1) is 14.3. The molecule has 1 aromatic heterocycles. The molecular formula is C22H27N3O4. The summed E-state index contributed by atoms with van der Waals surface area (Å²) in [5, 5.41) is 6.27. The molecule has 0 bridgehead atoms. The van der Waals surface area contributed by atoms with Crippen molar-refractivity contribution in [1.29, 1.82) is 0 Å². The van der Waals surface area contributed by atoms with Gasteiger partial charge in [-0.2, -0.15) is 0 Å². The van der Waals surface area contributed by atoms with Crippen molar-refractivity contribution in [3.05, 3.63) is 48.2 Å². The molecule has 0 aliphatic carbocycles. The maximum atomic E-state index is 12.3. The molecule has 1 saturated heterocycles. The Morgan fingerprint density at radius 2 is 1.93 bits per heavy atom. The second-order valence-corrected chi connectivity index (χ2v) is 7.41. The number of carbonyl (C=O) groups excluding carboxylic acids is 1. The largest absolute Gasteiger partial charge is 0.486 e. The summed E-state index contributed by atoms with van der Waals surface area (Å²) in [5.41, 5.74) is 0.549. The molecule has 1 atom stereocenters. The van der Waals surface area contributed by atoms with E-state index in [2.05, 4.69) is 15.6 Å². The summed E-state index contributed by atoms with van der Waals surface area (Å²) < 4.78 is 17.0. The van der Waals surface area contributed by atoms with Gasteiger partial charge in [0.25, 0.3) is 5.91 Å². The zero-order chi connectivity index (χ0) is 19.9. The fourth-order valence-electron chi connectivity index (χ4n) is 3.49. The van der Waals surface area contributed by atoms with Crippen molar-refractivity contribution in [1.82, 2.24) is 10.3 Å². The molecule has 1 amide bonds. The lowest BCUT2D eigenvalue weighted by molar-refractivity contribution is 0.0699. The summed E-state index contributed by atoms with van der Waals surface area (Å²) in [7, 11) is 0. The molecule has 29 heavy (non-hydrogen) atoms. The Bertz CT molecular complexity index is 806. The van der Waals surface area contributed by atoms with E-state index in [9.17, 15) is 4.79 Å². The first-order valence-electron chi connectivity index (χ1n) is 10.2. The smallest absolute Gasteiger partial charge is 0.252 e. The van der Waals surface area contributed by atoms with Crippen molar-refractivity contribution in [2.24, 2.45) is 5.92 Å². The number of carbonyl (C=O) groups is 1. The van der Waals surface area contributed by atoms with Crippen molar-refractivity contribution >= 4 is 11.7 Å². The monoisotopic (exact) mass is 397 g/mol. The van der Waals surface area contributed by atoms with E-state index in [0.717, 1.165) is 49.9 Å². The molecule has 2 aliphatic rings. The van der Waals surface area contributed by atoms with Crippen LogP contribution in [0.1, 0.15) is 29.6 Å². The van der Waals surface area contributed by atoms with Crippen LogP contribution in [0.5, 0.6) is 11.5 Å². The van der Waals surface area contributed by atoms with E-state index in [1.165, 1.54) is 0 Å². The first-order valence-corrected chi connectivity index (χ1v) is 10.2. The predicted molar refractivity (Wildman–Crippen MR) is 110 cm³/mol. The van der Waals surface area contributed by atoms with Crippen LogP contribution in [0.3, 0.4) is 0 Å². The molecule has 1 unspecified atom stereocenters. The van der Waals surface area contributed by atoms with Gasteiger partial charge in [-0.3, -0.25) is 4.79 Å². The molecule has 0 spiro atoms. The lowest BCUT2D eigenvalue weighted by Crippen LogP contribution is -2.34. The molecule has 154 valence electrons. The Kier molecular flexibility index (Phi) is 6.46. The Hall–Kier alpha value is -2.80. The van der Waals surface area contributed by atoms with Gasteiger partial charge in [-0.1, -0.05) is 12.1 Å². The molecule has 1 aromatic carbocycles. The van der Waals surface area contributed by atoms with Crippen molar-refractivity contribution in [2.45, 2.75) is 25.4 Å². The number of fused-ring (bicyclic) bond motifs is 1. The highest BCUT2D eigenvalue weighted by Crippen LogP contribution is 2.31. The lowest BCUT2D eigenvalue weighted by Gasteiger charge is -2.26. The van der Waals surface area contributed by atoms with Gasteiger partial charge < -0.3 is 24.8 Å². The number of hydrogen-bond acceptors (Lipinski definition) is 6. The fraction of sp³-hybridized carbons (Fsp3) is 0.455. The van der Waals surface area contributed by atoms with Crippen LogP contribution in [0.4, 0.5) is 5.82 Å². The standard InChI is InChI=1S/C22H27N3O4/c26-22(23-10-7-18-15-28-19-3-1-2-4-20(19)29-18)17-5-6-21(25-14-17)24-13-16-8-11-27-12-9-16/h1-6,14,16,18H,7-13,15H2,(H,23,26)(H,24,25). The van der Waals surface area contributed by atoms with Gasteiger partial charge in [0.2, 0.25) is 0 Å². The van der Waals surface area contributed by atoms with Crippen LogP contribution in [0.25, 0.3) is 0 Å². The van der Waals surface area contributed by atoms with Crippen LogP contribution in [0.15, 0.2) is 42.6 Å². The number of pyridine rings is 1. The number of benzene rings is 1. The van der Waals surface area contributed by atoms with Crippen LogP contribution in [-0.4, -0.2) is 49.9 Å². The average molecular weight is 397 g/mol. The summed E-state index contributed by atoms with van der Waals surface area (Å²) in [5.74, 6) is 2.80. The zero-order valence-corrected chi connectivity index (χ0v) is 16.4. The Morgan fingerprint density at radius 1 is 1.10 bits per heavy atom. The van der Waals surface area contributed by atoms with E-state index in [-0.39, 0.29) is 12.0 Å². The number of ether oxygens (including phenoxy) is 3. The number of hydrogen-bond donors (Lipinski definition) is 2. The predicted octanol–water partition coefficient (Wildman–Crippen LogP) is 2.88. The van der Waals surface area contributed by atoms with Gasteiger partial charge in [-0.25, -0.2) is 4.98 Å². The topological polar surface area (TPSA) is 81.7 Å². The number of amides is 1. The molecule has 7 heteroatoms. The molecule has 3 heterocycles. The van der Waals surface area contributed by atoms with Gasteiger partial charge >= 0.3 is 0 Å². The molecule has 2 aromatic rings. The number of anilines is 1. The van der Waals surface area contributed by atoms with E-state index in [0.29, 0.717) is 31.1 Å². The van der Waals surface area contributed by atoms with E-state index >= 15 is 0 Å². The number of nitrogens with zero attached hydrogens (tertiary/aromatic N) is 1. The molecular weight excluding hydrogens is 370 g/mol. The number of nitrogens with one attached hydrogen (secondary N) is 2. The van der Waals surface area contributed by atoms with E-state index in [1.807, 2.05) is 30.3 Å². The third-order valence-electron chi connectivity index (χ3n) is 5.26. The highest BCUT2D eigenvalue weighted by atomic mass is 16.6. The minimum absolute atomic E-state index is 0.0694. The molecule has 4 rings (SSSR count). The van der Waals surface area contributed by atoms with Crippen molar-refractivity contribution in [3.63, 3.8) is 0 Å². The molecule has 2 aliphatic heterocycles. The van der Waals surface area contributed by atoms with Gasteiger partial charge in [0, 0.05) is 38.9 Å². The summed E-state index contributed by atoms with van der Waals surface area (Å²) in [6.45, 7) is 3.56. The normalized spacial score (nSPS) is 18.8.